The van der Waals surface area contributed by atoms with Gasteiger partial charge in [0.15, 0.2) is 6.10 Å². The number of carbonyl (C=O) groups excluding carboxylic acids is 1. The van der Waals surface area contributed by atoms with Crippen LogP contribution in [0.15, 0.2) is 0 Å². The van der Waals surface area contributed by atoms with Crippen LogP contribution >= 0.6 is 0 Å². The summed E-state index contributed by atoms with van der Waals surface area (Å²) in [7, 11) is 0. The fraction of sp³-hybridized carbons (Fsp3) is 0.833. The third-order valence-electron chi connectivity index (χ3n) is 3.11. The summed E-state index contributed by atoms with van der Waals surface area (Å²) in [6, 6.07) is -0.215. The van der Waals surface area contributed by atoms with Gasteiger partial charge in [-0.2, -0.15) is 0 Å². The Bertz CT molecular complexity index is 302. The molecule has 0 unspecified atom stereocenters. The van der Waals surface area contributed by atoms with Gasteiger partial charge in [0, 0.05) is 32.7 Å². The molecular formula is C12H22N2O5. The highest BCUT2D eigenvalue weighted by molar-refractivity contribution is 5.74. The van der Waals surface area contributed by atoms with E-state index in [1.54, 1.807) is 4.90 Å². The predicted octanol–water partition coefficient (Wildman–Crippen LogP) is 0.0325. The van der Waals surface area contributed by atoms with Gasteiger partial charge in [-0.15, -0.1) is 0 Å². The first-order chi connectivity index (χ1) is 9.04. The highest BCUT2D eigenvalue weighted by atomic mass is 16.5. The molecule has 19 heavy (non-hydrogen) atoms. The summed E-state index contributed by atoms with van der Waals surface area (Å²) in [5.74, 6) is -1.27. The molecule has 0 saturated carbocycles. The molecule has 0 bridgehead atoms. The van der Waals surface area contributed by atoms with E-state index in [1.807, 2.05) is 6.92 Å². The molecule has 1 aliphatic rings. The van der Waals surface area contributed by atoms with Gasteiger partial charge in [0.05, 0.1) is 6.10 Å². The summed E-state index contributed by atoms with van der Waals surface area (Å²) in [5.41, 5.74) is 0. The lowest BCUT2D eigenvalue weighted by Crippen LogP contribution is -2.46. The van der Waals surface area contributed by atoms with Gasteiger partial charge in [0.2, 0.25) is 0 Å². The summed E-state index contributed by atoms with van der Waals surface area (Å²) in [5, 5.41) is 20.2. The average molecular weight is 274 g/mol. The first-order valence-electron chi connectivity index (χ1n) is 6.59. The monoisotopic (exact) mass is 274 g/mol. The number of urea groups is 1. The highest BCUT2D eigenvalue weighted by Gasteiger charge is 2.23. The van der Waals surface area contributed by atoms with Gasteiger partial charge in [-0.05, 0) is 19.8 Å². The van der Waals surface area contributed by atoms with Crippen molar-refractivity contribution in [2.75, 3.05) is 26.2 Å². The molecule has 7 nitrogen and oxygen atoms in total. The minimum absolute atomic E-state index is 0.0104. The number of nitrogens with zero attached hydrogens (tertiary/aromatic N) is 1. The van der Waals surface area contributed by atoms with E-state index in [9.17, 15) is 9.59 Å². The normalized spacial score (nSPS) is 18.1. The number of carboxylic acid groups (broad SMARTS) is 1. The number of carbonyl (C=O) groups is 2. The van der Waals surface area contributed by atoms with Crippen molar-refractivity contribution in [1.82, 2.24) is 10.2 Å². The van der Waals surface area contributed by atoms with Crippen LogP contribution in [0.3, 0.4) is 0 Å². The van der Waals surface area contributed by atoms with E-state index in [4.69, 9.17) is 14.9 Å². The van der Waals surface area contributed by atoms with Crippen LogP contribution in [0, 0.1) is 0 Å². The van der Waals surface area contributed by atoms with E-state index >= 15 is 0 Å². The van der Waals surface area contributed by atoms with Gasteiger partial charge in [0.1, 0.15) is 0 Å². The Hall–Kier alpha value is -1.34. The molecule has 110 valence electrons. The summed E-state index contributed by atoms with van der Waals surface area (Å²) in [4.78, 5) is 23.8. The minimum atomic E-state index is -1.43. The van der Waals surface area contributed by atoms with E-state index in [0.717, 1.165) is 12.8 Å². The van der Waals surface area contributed by atoms with Crippen molar-refractivity contribution < 1.29 is 24.5 Å². The van der Waals surface area contributed by atoms with Crippen LogP contribution in [-0.4, -0.2) is 65.6 Å². The number of aliphatic carboxylic acids is 1. The zero-order valence-corrected chi connectivity index (χ0v) is 11.2. The van der Waals surface area contributed by atoms with E-state index < -0.39 is 12.1 Å². The average Bonchev–Trinajstić information content (AvgIpc) is 2.39. The number of piperidine rings is 1. The summed E-state index contributed by atoms with van der Waals surface area (Å²) < 4.78 is 5.49. The Balaban J connectivity index is 2.19. The molecule has 1 rings (SSSR count). The Kier molecular flexibility index (Phi) is 6.58. The van der Waals surface area contributed by atoms with Crippen LogP contribution in [-0.2, 0) is 9.53 Å². The molecular weight excluding hydrogens is 252 g/mol. The van der Waals surface area contributed by atoms with Crippen molar-refractivity contribution in [2.24, 2.45) is 0 Å². The van der Waals surface area contributed by atoms with Crippen LogP contribution in [0.4, 0.5) is 4.79 Å². The molecule has 0 aromatic heterocycles. The molecule has 1 heterocycles. The second kappa shape index (κ2) is 7.96. The van der Waals surface area contributed by atoms with Gasteiger partial charge in [0.25, 0.3) is 0 Å². The quantitative estimate of drug-likeness (QED) is 0.635. The maximum absolute atomic E-state index is 11.8. The maximum Gasteiger partial charge on any atom is 0.332 e. The van der Waals surface area contributed by atoms with Crippen molar-refractivity contribution in [3.8, 4) is 0 Å². The zero-order valence-electron chi connectivity index (χ0n) is 11.2. The number of nitrogens with one attached hydrogen (secondary N) is 1. The molecule has 0 spiro atoms. The maximum atomic E-state index is 11.8. The molecule has 0 radical (unpaired) electrons. The highest BCUT2D eigenvalue weighted by Crippen LogP contribution is 2.13. The molecule has 1 aliphatic heterocycles. The van der Waals surface area contributed by atoms with Crippen LogP contribution < -0.4 is 5.32 Å². The van der Waals surface area contributed by atoms with E-state index in [1.165, 1.54) is 0 Å². The molecule has 1 saturated heterocycles. The van der Waals surface area contributed by atoms with Gasteiger partial charge < -0.3 is 25.2 Å². The molecule has 0 aromatic carbocycles. The fourth-order valence-corrected chi connectivity index (χ4v) is 2.01. The number of aliphatic hydroxyl groups excluding tert-OH is 1. The van der Waals surface area contributed by atoms with E-state index in [2.05, 4.69) is 5.32 Å². The Morgan fingerprint density at radius 3 is 2.58 bits per heavy atom. The molecule has 7 heteroatoms. The van der Waals surface area contributed by atoms with Crippen molar-refractivity contribution in [1.29, 1.82) is 0 Å². The standard InChI is InChI=1S/C12H22N2O5/c1-2-19-9-4-7-14(8-5-9)12(18)13-6-3-10(15)11(16)17/h9-10,15H,2-8H2,1H3,(H,13,18)(H,16,17)/t10-/m0/s1. The first-order valence-corrected chi connectivity index (χ1v) is 6.59. The molecule has 3 N–H and O–H groups in total. The molecule has 0 aliphatic carbocycles. The summed E-state index contributed by atoms with van der Waals surface area (Å²) in [6.45, 7) is 4.06. The Labute approximate surface area is 112 Å². The number of aliphatic hydroxyl groups is 1. The third-order valence-corrected chi connectivity index (χ3v) is 3.11. The minimum Gasteiger partial charge on any atom is -0.479 e. The van der Waals surface area contributed by atoms with Crippen LogP contribution in [0.2, 0.25) is 0 Å². The lowest BCUT2D eigenvalue weighted by atomic mass is 10.1. The van der Waals surface area contributed by atoms with Crippen LogP contribution in [0.25, 0.3) is 0 Å². The zero-order chi connectivity index (χ0) is 14.3. The van der Waals surface area contributed by atoms with E-state index in [-0.39, 0.29) is 25.1 Å². The number of amides is 2. The number of likely N-dealkylation sites (tertiary alicyclic amines) is 1. The Morgan fingerprint density at radius 1 is 1.42 bits per heavy atom. The Morgan fingerprint density at radius 2 is 2.05 bits per heavy atom. The first kappa shape index (κ1) is 15.7. The van der Waals surface area contributed by atoms with Gasteiger partial charge in [-0.25, -0.2) is 9.59 Å². The third kappa shape index (κ3) is 5.44. The SMILES string of the molecule is CCOC1CCN(C(=O)NCC[C@H](O)C(=O)O)CC1. The van der Waals surface area contributed by atoms with Gasteiger partial charge in [-0.1, -0.05) is 0 Å². The number of rotatable bonds is 6. The van der Waals surface area contributed by atoms with Gasteiger partial charge in [-0.3, -0.25) is 0 Å². The smallest absolute Gasteiger partial charge is 0.332 e. The second-order valence-electron chi connectivity index (χ2n) is 4.52. The van der Waals surface area contributed by atoms with E-state index in [0.29, 0.717) is 19.7 Å². The van der Waals surface area contributed by atoms with Crippen molar-refractivity contribution in [3.63, 3.8) is 0 Å². The number of hydrogen-bond acceptors (Lipinski definition) is 4. The molecule has 1 fully saturated rings. The molecule has 0 aromatic rings. The summed E-state index contributed by atoms with van der Waals surface area (Å²) in [6.07, 6.45) is 0.445. The van der Waals surface area contributed by atoms with Crippen LogP contribution in [0.1, 0.15) is 26.2 Å². The lowest BCUT2D eigenvalue weighted by Gasteiger charge is -2.31. The number of carboxylic acids is 1. The van der Waals surface area contributed by atoms with Crippen molar-refractivity contribution >= 4 is 12.0 Å². The fourth-order valence-electron chi connectivity index (χ4n) is 2.01. The number of ether oxygens (including phenoxy) is 1. The number of hydrogen-bond donors (Lipinski definition) is 3. The second-order valence-corrected chi connectivity index (χ2v) is 4.52. The van der Waals surface area contributed by atoms with Crippen molar-refractivity contribution in [2.45, 2.75) is 38.4 Å². The lowest BCUT2D eigenvalue weighted by molar-refractivity contribution is -0.146. The topological polar surface area (TPSA) is 99.1 Å². The van der Waals surface area contributed by atoms with Crippen LogP contribution in [0.5, 0.6) is 0 Å². The molecule has 2 amide bonds. The largest absolute Gasteiger partial charge is 0.479 e. The van der Waals surface area contributed by atoms with Crippen molar-refractivity contribution in [3.05, 3.63) is 0 Å². The van der Waals surface area contributed by atoms with Gasteiger partial charge >= 0.3 is 12.0 Å². The molecule has 1 atom stereocenters. The predicted molar refractivity (Wildman–Crippen MR) is 67.9 cm³/mol. The summed E-state index contributed by atoms with van der Waals surface area (Å²) >= 11 is 0.